The Morgan fingerprint density at radius 2 is 1.68 bits per heavy atom. The molecule has 44 heavy (non-hydrogen) atoms. The van der Waals surface area contributed by atoms with E-state index < -0.39 is 5.97 Å². The number of benzene rings is 3. The molecule has 0 spiro atoms. The highest BCUT2D eigenvalue weighted by atomic mass is 35.5. The van der Waals surface area contributed by atoms with Gasteiger partial charge in [-0.1, -0.05) is 54.1 Å². The number of hydrogen-bond donors (Lipinski definition) is 1. The molecular formula is C35H40ClN5O3. The maximum Gasteiger partial charge on any atom is 0.352 e. The molecule has 0 unspecified atom stereocenters. The van der Waals surface area contributed by atoms with Crippen molar-refractivity contribution < 1.29 is 14.6 Å². The highest BCUT2D eigenvalue weighted by Gasteiger charge is 2.28. The topological polar surface area (TPSA) is 75.8 Å². The molecule has 0 saturated carbocycles. The molecule has 230 valence electrons. The summed E-state index contributed by atoms with van der Waals surface area (Å²) in [5.74, 6) is -0.0842. The number of piperazine rings is 1. The van der Waals surface area contributed by atoms with Crippen LogP contribution >= 0.6 is 11.6 Å². The first-order valence-electron chi connectivity index (χ1n) is 15.3. The summed E-state index contributed by atoms with van der Waals surface area (Å²) < 4.78 is 10.1. The summed E-state index contributed by atoms with van der Waals surface area (Å²) in [6.45, 7) is 9.75. The van der Waals surface area contributed by atoms with Crippen molar-refractivity contribution in [3.63, 3.8) is 0 Å². The van der Waals surface area contributed by atoms with Crippen LogP contribution in [0.15, 0.2) is 54.6 Å². The number of likely N-dealkylation sites (N-methyl/N-ethyl adjacent to an activating group) is 1. The molecule has 0 amide bonds. The Balaban J connectivity index is 1.39. The number of rotatable bonds is 10. The number of aryl methyl sites for hydroxylation is 3. The van der Waals surface area contributed by atoms with Crippen molar-refractivity contribution in [2.75, 3.05) is 46.4 Å². The number of carboxylic acids is 1. The SMILES string of the molecule is Cc1nn(C)c(C)c1-c1c(Cl)ccc2c(CCCOc3cccc4ccccc34)c(C(=O)O)n(CCN3CCN(C)CC3)c12. The Bertz CT molecular complexity index is 1830. The first-order chi connectivity index (χ1) is 21.2. The van der Waals surface area contributed by atoms with E-state index in [1.54, 1.807) is 0 Å². The van der Waals surface area contributed by atoms with Gasteiger partial charge in [-0.3, -0.25) is 9.58 Å². The summed E-state index contributed by atoms with van der Waals surface area (Å²) in [4.78, 5) is 17.8. The molecule has 1 aliphatic rings. The van der Waals surface area contributed by atoms with Gasteiger partial charge in [-0.15, -0.1) is 0 Å². The fourth-order valence-corrected chi connectivity index (χ4v) is 6.90. The molecule has 0 radical (unpaired) electrons. The lowest BCUT2D eigenvalue weighted by Crippen LogP contribution is -2.45. The molecule has 8 nitrogen and oxygen atoms in total. The Morgan fingerprint density at radius 1 is 0.932 bits per heavy atom. The molecule has 3 heterocycles. The van der Waals surface area contributed by atoms with Crippen LogP contribution in [0.1, 0.15) is 33.9 Å². The van der Waals surface area contributed by atoms with Crippen LogP contribution < -0.4 is 4.74 Å². The second-order valence-electron chi connectivity index (χ2n) is 11.8. The van der Waals surface area contributed by atoms with E-state index in [-0.39, 0.29) is 0 Å². The van der Waals surface area contributed by atoms with Crippen LogP contribution in [0.4, 0.5) is 0 Å². The van der Waals surface area contributed by atoms with E-state index in [0.29, 0.717) is 36.7 Å². The molecule has 1 aliphatic heterocycles. The quantitative estimate of drug-likeness (QED) is 0.183. The summed E-state index contributed by atoms with van der Waals surface area (Å²) in [6, 6.07) is 18.1. The Hall–Kier alpha value is -3.85. The van der Waals surface area contributed by atoms with Gasteiger partial charge >= 0.3 is 5.97 Å². The van der Waals surface area contributed by atoms with Crippen molar-refractivity contribution >= 4 is 39.2 Å². The predicted octanol–water partition coefficient (Wildman–Crippen LogP) is 6.42. The monoisotopic (exact) mass is 613 g/mol. The average Bonchev–Trinajstić information content (AvgIpc) is 3.46. The third-order valence-corrected chi connectivity index (χ3v) is 9.37. The lowest BCUT2D eigenvalue weighted by Gasteiger charge is -2.32. The van der Waals surface area contributed by atoms with Crippen molar-refractivity contribution in [2.45, 2.75) is 33.2 Å². The van der Waals surface area contributed by atoms with Crippen molar-refractivity contribution in [3.8, 4) is 16.9 Å². The van der Waals surface area contributed by atoms with Gasteiger partial charge in [0, 0.05) is 73.9 Å². The Kier molecular flexibility index (Phi) is 8.67. The van der Waals surface area contributed by atoms with Crippen LogP contribution in [-0.4, -0.2) is 81.6 Å². The highest BCUT2D eigenvalue weighted by Crippen LogP contribution is 2.42. The van der Waals surface area contributed by atoms with Gasteiger partial charge in [-0.2, -0.15) is 5.10 Å². The Labute approximate surface area is 263 Å². The van der Waals surface area contributed by atoms with Gasteiger partial charge in [-0.25, -0.2) is 4.79 Å². The summed E-state index contributed by atoms with van der Waals surface area (Å²) in [6.07, 6.45) is 1.24. The number of carboxylic acid groups (broad SMARTS) is 1. The number of fused-ring (bicyclic) bond motifs is 2. The second kappa shape index (κ2) is 12.6. The van der Waals surface area contributed by atoms with E-state index >= 15 is 0 Å². The zero-order valence-corrected chi connectivity index (χ0v) is 26.7. The zero-order chi connectivity index (χ0) is 31.0. The number of hydrogen-bond acceptors (Lipinski definition) is 5. The zero-order valence-electron chi connectivity index (χ0n) is 25.9. The minimum Gasteiger partial charge on any atom is -0.493 e. The lowest BCUT2D eigenvalue weighted by atomic mass is 9.98. The summed E-state index contributed by atoms with van der Waals surface area (Å²) in [5, 5.41) is 19.1. The summed E-state index contributed by atoms with van der Waals surface area (Å²) >= 11 is 6.98. The van der Waals surface area contributed by atoms with Gasteiger partial charge in [0.1, 0.15) is 11.4 Å². The summed E-state index contributed by atoms with van der Waals surface area (Å²) in [5.41, 5.74) is 5.70. The van der Waals surface area contributed by atoms with Crippen LogP contribution in [-0.2, 0) is 20.0 Å². The number of halogens is 1. The molecule has 1 fully saturated rings. The third-order valence-electron chi connectivity index (χ3n) is 9.05. The minimum atomic E-state index is -0.925. The third kappa shape index (κ3) is 5.70. The van der Waals surface area contributed by atoms with Crippen LogP contribution in [0.25, 0.3) is 32.8 Å². The summed E-state index contributed by atoms with van der Waals surface area (Å²) in [7, 11) is 4.07. The molecule has 0 atom stereocenters. The normalized spacial score (nSPS) is 14.6. The van der Waals surface area contributed by atoms with E-state index in [0.717, 1.165) is 88.2 Å². The molecular weight excluding hydrogens is 574 g/mol. The number of ether oxygens (including phenoxy) is 1. The molecule has 2 aromatic heterocycles. The fourth-order valence-electron chi connectivity index (χ4n) is 6.65. The van der Waals surface area contributed by atoms with Crippen molar-refractivity contribution in [1.29, 1.82) is 0 Å². The van der Waals surface area contributed by atoms with E-state index in [1.165, 1.54) is 0 Å². The molecule has 3 aromatic carbocycles. The van der Waals surface area contributed by atoms with Gasteiger partial charge in [0.05, 0.1) is 22.8 Å². The first-order valence-corrected chi connectivity index (χ1v) is 15.7. The molecule has 0 aliphatic carbocycles. The average molecular weight is 614 g/mol. The maximum atomic E-state index is 13.1. The standard InChI is InChI=1S/C35H40ClN5O3/c1-23-31(24(2)39(4)37-23)32-29(36)15-14-28-27(12-8-22-44-30-13-7-10-25-9-5-6-11-26(25)30)34(35(42)43)41(33(28)32)21-20-40-18-16-38(3)17-19-40/h5-7,9-11,13-15H,8,12,16-22H2,1-4H3,(H,42,43). The van der Waals surface area contributed by atoms with Crippen LogP contribution in [0.2, 0.25) is 5.02 Å². The second-order valence-corrected chi connectivity index (χ2v) is 12.3. The largest absolute Gasteiger partial charge is 0.493 e. The highest BCUT2D eigenvalue weighted by molar-refractivity contribution is 6.35. The van der Waals surface area contributed by atoms with Crippen LogP contribution in [0.5, 0.6) is 5.75 Å². The van der Waals surface area contributed by atoms with E-state index in [2.05, 4.69) is 40.1 Å². The molecule has 0 bridgehead atoms. The predicted molar refractivity (Wildman–Crippen MR) is 177 cm³/mol. The van der Waals surface area contributed by atoms with Gasteiger partial charge in [0.2, 0.25) is 0 Å². The molecule has 6 rings (SSSR count). The van der Waals surface area contributed by atoms with Gasteiger partial charge in [0.15, 0.2) is 0 Å². The van der Waals surface area contributed by atoms with Gasteiger partial charge in [0.25, 0.3) is 0 Å². The van der Waals surface area contributed by atoms with E-state index in [4.69, 9.17) is 16.3 Å². The van der Waals surface area contributed by atoms with Crippen LogP contribution in [0.3, 0.4) is 0 Å². The van der Waals surface area contributed by atoms with E-state index in [1.807, 2.05) is 66.5 Å². The van der Waals surface area contributed by atoms with Crippen molar-refractivity contribution in [3.05, 3.63) is 82.3 Å². The van der Waals surface area contributed by atoms with Gasteiger partial charge < -0.3 is 19.3 Å². The Morgan fingerprint density at radius 3 is 2.41 bits per heavy atom. The number of aromatic carboxylic acids is 1. The van der Waals surface area contributed by atoms with Crippen molar-refractivity contribution in [2.24, 2.45) is 7.05 Å². The van der Waals surface area contributed by atoms with E-state index in [9.17, 15) is 9.90 Å². The molecule has 1 saturated heterocycles. The molecule has 1 N–H and O–H groups in total. The number of nitrogens with zero attached hydrogens (tertiary/aromatic N) is 5. The number of aromatic nitrogens is 3. The molecule has 9 heteroatoms. The van der Waals surface area contributed by atoms with Crippen molar-refractivity contribution in [1.82, 2.24) is 24.1 Å². The smallest absolute Gasteiger partial charge is 0.352 e. The first kappa shape index (κ1) is 30.2. The fraction of sp³-hybridized carbons (Fsp3) is 0.371. The molecule has 5 aromatic rings. The minimum absolute atomic E-state index is 0.335. The maximum absolute atomic E-state index is 13.1. The number of carbonyl (C=O) groups is 1. The van der Waals surface area contributed by atoms with Crippen LogP contribution in [0, 0.1) is 13.8 Å². The van der Waals surface area contributed by atoms with Gasteiger partial charge in [-0.05, 0) is 56.8 Å². The lowest BCUT2D eigenvalue weighted by molar-refractivity contribution is 0.0682.